The van der Waals surface area contributed by atoms with Crippen LogP contribution in [0.1, 0.15) is 0 Å². The van der Waals surface area contributed by atoms with Crippen molar-refractivity contribution in [3.8, 4) is 0 Å². The number of hydrogen-bond acceptors (Lipinski definition) is 1. The first kappa shape index (κ1) is 15.3. The zero-order valence-electron chi connectivity index (χ0n) is 7.46. The SMILES string of the molecule is COC(C(F)(F)C(F)F)C(F)(F)C(F)(F)F. The van der Waals surface area contributed by atoms with Gasteiger partial charge in [-0.15, -0.1) is 0 Å². The van der Waals surface area contributed by atoms with Gasteiger partial charge in [0.2, 0.25) is 0 Å². The van der Waals surface area contributed by atoms with E-state index in [0.29, 0.717) is 0 Å². The molecule has 0 amide bonds. The van der Waals surface area contributed by atoms with E-state index >= 15 is 0 Å². The molecule has 1 unspecified atom stereocenters. The second-order valence-corrected chi connectivity index (χ2v) is 2.71. The minimum atomic E-state index is -6.41. The molecule has 0 rings (SSSR count). The van der Waals surface area contributed by atoms with Crippen LogP contribution < -0.4 is 0 Å². The highest BCUT2D eigenvalue weighted by atomic mass is 19.4. The van der Waals surface area contributed by atoms with Gasteiger partial charge in [0.15, 0.2) is 6.10 Å². The lowest BCUT2D eigenvalue weighted by molar-refractivity contribution is -0.355. The molecule has 0 aliphatic heterocycles. The third-order valence-corrected chi connectivity index (χ3v) is 1.58. The molecule has 0 aromatic rings. The predicted molar refractivity (Wildman–Crippen MR) is 32.8 cm³/mol. The van der Waals surface area contributed by atoms with Gasteiger partial charge in [-0.3, -0.25) is 0 Å². The highest BCUT2D eigenvalue weighted by Crippen LogP contribution is 2.45. The molecule has 0 N–H and O–H groups in total. The van der Waals surface area contributed by atoms with Gasteiger partial charge in [-0.1, -0.05) is 0 Å². The molecular formula is C6H5F9O. The van der Waals surface area contributed by atoms with E-state index in [9.17, 15) is 39.5 Å². The molecule has 0 radical (unpaired) electrons. The van der Waals surface area contributed by atoms with E-state index < -0.39 is 30.6 Å². The van der Waals surface area contributed by atoms with Crippen molar-refractivity contribution in [3.63, 3.8) is 0 Å². The van der Waals surface area contributed by atoms with Gasteiger partial charge in [0.05, 0.1) is 0 Å². The summed E-state index contributed by atoms with van der Waals surface area (Å²) in [6.07, 6.45) is -15.4. The molecule has 0 aromatic heterocycles. The minimum absolute atomic E-state index is 0.0562. The topological polar surface area (TPSA) is 9.23 Å². The Morgan fingerprint density at radius 1 is 0.875 bits per heavy atom. The van der Waals surface area contributed by atoms with Gasteiger partial charge >= 0.3 is 24.4 Å². The predicted octanol–water partition coefficient (Wildman–Crippen LogP) is 3.10. The maximum atomic E-state index is 12.4. The van der Waals surface area contributed by atoms with E-state index in [0.717, 1.165) is 0 Å². The lowest BCUT2D eigenvalue weighted by Gasteiger charge is -2.32. The van der Waals surface area contributed by atoms with Crippen molar-refractivity contribution in [2.24, 2.45) is 0 Å². The summed E-state index contributed by atoms with van der Waals surface area (Å²) in [6, 6.07) is 0. The third-order valence-electron chi connectivity index (χ3n) is 1.58. The number of halogens is 9. The maximum absolute atomic E-state index is 12.4. The van der Waals surface area contributed by atoms with E-state index in [1.54, 1.807) is 0 Å². The lowest BCUT2D eigenvalue weighted by Crippen LogP contribution is -2.58. The number of alkyl halides is 9. The first-order chi connectivity index (χ1) is 6.89. The second-order valence-electron chi connectivity index (χ2n) is 2.71. The average molecular weight is 264 g/mol. The molecule has 0 aliphatic rings. The molecule has 10 heteroatoms. The standard InChI is InChI=1S/C6H5F9O/c1-16-2(4(9,10)3(7)8)5(11,12)6(13,14)15/h2-3H,1H3. The lowest BCUT2D eigenvalue weighted by atomic mass is 10.1. The van der Waals surface area contributed by atoms with Gasteiger partial charge in [-0.2, -0.15) is 30.7 Å². The summed E-state index contributed by atoms with van der Waals surface area (Å²) < 4.78 is 111. The quantitative estimate of drug-likeness (QED) is 0.709. The number of ether oxygens (including phenoxy) is 1. The van der Waals surface area contributed by atoms with Crippen LogP contribution in [0.25, 0.3) is 0 Å². The van der Waals surface area contributed by atoms with Crippen LogP contribution in [0.3, 0.4) is 0 Å². The van der Waals surface area contributed by atoms with Crippen LogP contribution in [0.4, 0.5) is 39.5 Å². The molecule has 0 saturated heterocycles. The summed E-state index contributed by atoms with van der Waals surface area (Å²) in [5, 5.41) is 0. The second kappa shape index (κ2) is 4.30. The zero-order valence-corrected chi connectivity index (χ0v) is 7.46. The fourth-order valence-corrected chi connectivity index (χ4v) is 0.810. The Morgan fingerprint density at radius 2 is 1.25 bits per heavy atom. The Bertz CT molecular complexity index is 233. The summed E-state index contributed by atoms with van der Waals surface area (Å²) >= 11 is 0. The van der Waals surface area contributed by atoms with Crippen molar-refractivity contribution >= 4 is 0 Å². The molecule has 1 atom stereocenters. The monoisotopic (exact) mass is 264 g/mol. The van der Waals surface area contributed by atoms with Crippen molar-refractivity contribution < 1.29 is 44.3 Å². The van der Waals surface area contributed by atoms with Gasteiger partial charge in [0.25, 0.3) is 0 Å². The Hall–Kier alpha value is -0.670. The molecule has 98 valence electrons. The van der Waals surface area contributed by atoms with Crippen molar-refractivity contribution in [2.45, 2.75) is 30.6 Å². The highest BCUT2D eigenvalue weighted by Gasteiger charge is 2.71. The van der Waals surface area contributed by atoms with Crippen LogP contribution in [0.15, 0.2) is 0 Å². The Morgan fingerprint density at radius 3 is 1.44 bits per heavy atom. The van der Waals surface area contributed by atoms with E-state index in [2.05, 4.69) is 4.74 Å². The van der Waals surface area contributed by atoms with E-state index in [-0.39, 0.29) is 7.11 Å². The molecule has 1 nitrogen and oxygen atoms in total. The van der Waals surface area contributed by atoms with Gasteiger partial charge in [-0.05, 0) is 0 Å². The van der Waals surface area contributed by atoms with Crippen molar-refractivity contribution in [3.05, 3.63) is 0 Å². The minimum Gasteiger partial charge on any atom is -0.369 e. The Balaban J connectivity index is 5.31. The summed E-state index contributed by atoms with van der Waals surface area (Å²) in [5.74, 6) is -11.7. The number of hydrogen-bond donors (Lipinski definition) is 0. The zero-order chi connectivity index (χ0) is 13.4. The molecule has 16 heavy (non-hydrogen) atoms. The summed E-state index contributed by atoms with van der Waals surface area (Å²) in [4.78, 5) is 0. The summed E-state index contributed by atoms with van der Waals surface area (Å²) in [5.41, 5.74) is 0. The molecule has 0 aliphatic carbocycles. The maximum Gasteiger partial charge on any atom is 0.456 e. The van der Waals surface area contributed by atoms with Crippen molar-refractivity contribution in [1.29, 1.82) is 0 Å². The van der Waals surface area contributed by atoms with Gasteiger partial charge in [0.1, 0.15) is 0 Å². The first-order valence-electron chi connectivity index (χ1n) is 3.52. The van der Waals surface area contributed by atoms with E-state index in [1.807, 2.05) is 0 Å². The normalized spacial score (nSPS) is 16.7. The molecule has 0 heterocycles. The summed E-state index contributed by atoms with van der Waals surface area (Å²) in [6.45, 7) is 0. The molecule has 0 bridgehead atoms. The van der Waals surface area contributed by atoms with Crippen LogP contribution in [0, 0.1) is 0 Å². The van der Waals surface area contributed by atoms with Crippen LogP contribution >= 0.6 is 0 Å². The van der Waals surface area contributed by atoms with E-state index in [4.69, 9.17) is 0 Å². The first-order valence-corrected chi connectivity index (χ1v) is 3.52. The fourth-order valence-electron chi connectivity index (χ4n) is 0.810. The largest absolute Gasteiger partial charge is 0.456 e. The van der Waals surface area contributed by atoms with Crippen molar-refractivity contribution in [2.75, 3.05) is 7.11 Å². The Kier molecular flexibility index (Phi) is 4.12. The van der Waals surface area contributed by atoms with Crippen LogP contribution in [0.5, 0.6) is 0 Å². The van der Waals surface area contributed by atoms with E-state index in [1.165, 1.54) is 0 Å². The highest BCUT2D eigenvalue weighted by molar-refractivity contribution is 4.95. The van der Waals surface area contributed by atoms with Crippen LogP contribution in [-0.4, -0.2) is 37.7 Å². The van der Waals surface area contributed by atoms with Gasteiger partial charge < -0.3 is 4.74 Å². The third kappa shape index (κ3) is 2.53. The molecule has 0 fully saturated rings. The van der Waals surface area contributed by atoms with Crippen LogP contribution in [-0.2, 0) is 4.74 Å². The smallest absolute Gasteiger partial charge is 0.369 e. The molecule has 0 saturated carbocycles. The average Bonchev–Trinajstić information content (AvgIpc) is 2.01. The van der Waals surface area contributed by atoms with Gasteiger partial charge in [0, 0.05) is 7.11 Å². The summed E-state index contributed by atoms with van der Waals surface area (Å²) in [7, 11) is 0.0562. The number of methoxy groups -OCH3 is 1. The fraction of sp³-hybridized carbons (Fsp3) is 1.00. The van der Waals surface area contributed by atoms with Crippen LogP contribution in [0.2, 0.25) is 0 Å². The molecular weight excluding hydrogens is 259 g/mol. The van der Waals surface area contributed by atoms with Crippen molar-refractivity contribution in [1.82, 2.24) is 0 Å². The van der Waals surface area contributed by atoms with Gasteiger partial charge in [-0.25, -0.2) is 8.78 Å². The number of rotatable bonds is 4. The molecule has 0 aromatic carbocycles. The molecule has 0 spiro atoms. The Labute approximate surface area is 83.2 Å².